The van der Waals surface area contributed by atoms with Gasteiger partial charge in [-0.2, -0.15) is 0 Å². The smallest absolute Gasteiger partial charge is 0.249 e. The predicted molar refractivity (Wildman–Crippen MR) is 246 cm³/mol. The Morgan fingerprint density at radius 1 is 0.567 bits per heavy atom. The highest BCUT2D eigenvalue weighted by Crippen LogP contribution is 2.23. The van der Waals surface area contributed by atoms with Crippen LogP contribution in [0.4, 0.5) is 0 Å². The lowest BCUT2D eigenvalue weighted by Crippen LogP contribution is -2.60. The highest BCUT2D eigenvalue weighted by atomic mass is 16.7. The van der Waals surface area contributed by atoms with E-state index in [1.807, 2.05) is 6.08 Å². The number of rotatable bonds is 42. The summed E-state index contributed by atoms with van der Waals surface area (Å²) in [6.07, 6.45) is 38.4. The van der Waals surface area contributed by atoms with Gasteiger partial charge >= 0.3 is 0 Å². The monoisotopic (exact) mass is 854 g/mol. The summed E-state index contributed by atoms with van der Waals surface area (Å²) in [5, 5.41) is 64.7. The lowest BCUT2D eigenvalue weighted by Gasteiger charge is -2.40. The van der Waals surface area contributed by atoms with Crippen LogP contribution in [0.25, 0.3) is 0 Å². The van der Waals surface area contributed by atoms with Crippen LogP contribution >= 0.6 is 0 Å². The Bertz CT molecular complexity index is 1010. The van der Waals surface area contributed by atoms with Crippen LogP contribution in [0.15, 0.2) is 24.3 Å². The predicted octanol–water partition coefficient (Wildman–Crippen LogP) is 10.0. The van der Waals surface area contributed by atoms with Crippen LogP contribution in [-0.4, -0.2) is 98.7 Å². The molecule has 1 aliphatic rings. The zero-order chi connectivity index (χ0) is 43.9. The Morgan fingerprint density at radius 3 is 1.45 bits per heavy atom. The third-order valence-electron chi connectivity index (χ3n) is 12.1. The van der Waals surface area contributed by atoms with Gasteiger partial charge in [0.15, 0.2) is 6.29 Å². The molecule has 0 aromatic carbocycles. The Hall–Kier alpha value is -1.37. The van der Waals surface area contributed by atoms with Crippen molar-refractivity contribution in [3.63, 3.8) is 0 Å². The molecule has 8 atom stereocenters. The zero-order valence-corrected chi connectivity index (χ0v) is 38.6. The largest absolute Gasteiger partial charge is 0.394 e. The van der Waals surface area contributed by atoms with Crippen molar-refractivity contribution < 1.29 is 44.9 Å². The first-order valence-corrected chi connectivity index (χ1v) is 25.2. The van der Waals surface area contributed by atoms with Crippen molar-refractivity contribution in [2.75, 3.05) is 13.2 Å². The molecule has 10 heteroatoms. The minimum Gasteiger partial charge on any atom is -0.394 e. The van der Waals surface area contributed by atoms with Crippen molar-refractivity contribution in [1.29, 1.82) is 0 Å². The Balaban J connectivity index is 2.36. The Kier molecular flexibility index (Phi) is 38.1. The van der Waals surface area contributed by atoms with Gasteiger partial charge in [-0.15, -0.1) is 0 Å². The van der Waals surface area contributed by atoms with E-state index in [9.17, 15) is 35.4 Å². The lowest BCUT2D eigenvalue weighted by atomic mass is 9.99. The SMILES string of the molecule is CCCCCCCCCCC/C=C/CC/C=C/C(O)C(COC1OC(CO)C(O)C(O)C1O)NC(=O)C(O)CCCCCCCCCCCCCCCCCCCCCC. The summed E-state index contributed by atoms with van der Waals surface area (Å²) in [5.41, 5.74) is 0. The van der Waals surface area contributed by atoms with Gasteiger partial charge in [-0.05, 0) is 32.1 Å². The highest BCUT2D eigenvalue weighted by molar-refractivity contribution is 5.80. The van der Waals surface area contributed by atoms with Gasteiger partial charge in [-0.1, -0.05) is 218 Å². The van der Waals surface area contributed by atoms with Crippen molar-refractivity contribution in [1.82, 2.24) is 5.32 Å². The molecule has 1 heterocycles. The standard InChI is InChI=1S/C50H95NO9/c1-3-5-7-9-11-13-15-17-19-20-21-22-23-25-27-29-31-33-35-37-39-44(54)49(58)51-42(41-59-50-48(57)47(56)46(55)45(40-52)60-50)43(53)38-36-34-32-30-28-26-24-18-16-14-12-10-8-6-4-2/h28,30,36,38,42-48,50,52-57H,3-27,29,31-35,37,39-41H2,1-2H3,(H,51,58)/b30-28+,38-36+. The van der Waals surface area contributed by atoms with E-state index in [1.165, 1.54) is 161 Å². The number of aliphatic hydroxyl groups excluding tert-OH is 6. The van der Waals surface area contributed by atoms with Crippen LogP contribution in [0.2, 0.25) is 0 Å². The van der Waals surface area contributed by atoms with Crippen molar-refractivity contribution in [3.8, 4) is 0 Å². The molecule has 0 bridgehead atoms. The normalized spacial score (nSPS) is 21.2. The van der Waals surface area contributed by atoms with Crippen LogP contribution in [0.3, 0.4) is 0 Å². The second-order valence-electron chi connectivity index (χ2n) is 17.8. The molecule has 1 rings (SSSR count). The number of carbonyl (C=O) groups is 1. The molecule has 1 aliphatic heterocycles. The zero-order valence-electron chi connectivity index (χ0n) is 38.6. The van der Waals surface area contributed by atoms with E-state index < -0.39 is 61.5 Å². The van der Waals surface area contributed by atoms with E-state index in [1.54, 1.807) is 6.08 Å². The summed E-state index contributed by atoms with van der Waals surface area (Å²) in [6, 6.07) is -0.993. The van der Waals surface area contributed by atoms with E-state index >= 15 is 0 Å². The first kappa shape index (κ1) is 56.6. The van der Waals surface area contributed by atoms with E-state index in [4.69, 9.17) is 9.47 Å². The van der Waals surface area contributed by atoms with Gasteiger partial charge in [0.05, 0.1) is 25.4 Å². The Morgan fingerprint density at radius 2 is 0.983 bits per heavy atom. The highest BCUT2D eigenvalue weighted by Gasteiger charge is 2.44. The summed E-state index contributed by atoms with van der Waals surface area (Å²) in [7, 11) is 0. The molecule has 0 radical (unpaired) electrons. The quantitative estimate of drug-likeness (QED) is 0.0233. The molecule has 7 N–H and O–H groups in total. The number of nitrogens with one attached hydrogen (secondary N) is 1. The number of ether oxygens (including phenoxy) is 2. The Labute approximate surface area is 367 Å². The lowest BCUT2D eigenvalue weighted by molar-refractivity contribution is -0.302. The van der Waals surface area contributed by atoms with Crippen molar-refractivity contribution in [2.24, 2.45) is 0 Å². The summed E-state index contributed by atoms with van der Waals surface area (Å²) in [4.78, 5) is 13.1. The molecule has 0 aliphatic carbocycles. The van der Waals surface area contributed by atoms with Crippen molar-refractivity contribution in [2.45, 2.75) is 275 Å². The fourth-order valence-electron chi connectivity index (χ4n) is 8.00. The van der Waals surface area contributed by atoms with Gasteiger partial charge in [-0.25, -0.2) is 0 Å². The fraction of sp³-hybridized carbons (Fsp3) is 0.900. The van der Waals surface area contributed by atoms with Gasteiger partial charge < -0.3 is 45.4 Å². The molecule has 10 nitrogen and oxygen atoms in total. The average molecular weight is 854 g/mol. The molecule has 1 saturated heterocycles. The van der Waals surface area contributed by atoms with E-state index in [2.05, 4.69) is 31.3 Å². The van der Waals surface area contributed by atoms with Crippen LogP contribution in [-0.2, 0) is 14.3 Å². The summed E-state index contributed by atoms with van der Waals surface area (Å²) < 4.78 is 11.1. The summed E-state index contributed by atoms with van der Waals surface area (Å²) >= 11 is 0. The molecular formula is C50H95NO9. The van der Waals surface area contributed by atoms with Gasteiger partial charge in [0, 0.05) is 0 Å². The topological polar surface area (TPSA) is 169 Å². The summed E-state index contributed by atoms with van der Waals surface area (Å²) in [6.45, 7) is 3.60. The minimum absolute atomic E-state index is 0.308. The van der Waals surface area contributed by atoms with Crippen molar-refractivity contribution >= 4 is 5.91 Å². The molecule has 1 fully saturated rings. The van der Waals surface area contributed by atoms with Crippen molar-refractivity contribution in [3.05, 3.63) is 24.3 Å². The van der Waals surface area contributed by atoms with E-state index in [-0.39, 0.29) is 6.61 Å². The maximum Gasteiger partial charge on any atom is 0.249 e. The number of aliphatic hydroxyl groups is 6. The number of amides is 1. The molecule has 1 amide bonds. The second-order valence-corrected chi connectivity index (χ2v) is 17.8. The average Bonchev–Trinajstić information content (AvgIpc) is 3.25. The maximum atomic E-state index is 13.1. The maximum absolute atomic E-state index is 13.1. The minimum atomic E-state index is -1.61. The third kappa shape index (κ3) is 29.8. The fourth-order valence-corrected chi connectivity index (χ4v) is 8.00. The van der Waals surface area contributed by atoms with Gasteiger partial charge in [0.2, 0.25) is 5.91 Å². The number of allylic oxidation sites excluding steroid dienone is 3. The molecule has 0 saturated carbocycles. The molecule has 0 spiro atoms. The molecule has 60 heavy (non-hydrogen) atoms. The number of hydrogen-bond donors (Lipinski definition) is 7. The van der Waals surface area contributed by atoms with Gasteiger partial charge in [0.25, 0.3) is 0 Å². The van der Waals surface area contributed by atoms with E-state index in [0.29, 0.717) is 19.3 Å². The first-order valence-electron chi connectivity index (χ1n) is 25.2. The first-order chi connectivity index (χ1) is 29.3. The van der Waals surface area contributed by atoms with Crippen LogP contribution in [0, 0.1) is 0 Å². The molecule has 0 aromatic heterocycles. The molecule has 354 valence electrons. The number of carbonyl (C=O) groups excluding carboxylic acids is 1. The number of unbranched alkanes of at least 4 members (excludes halogenated alkanes) is 29. The molecular weight excluding hydrogens is 759 g/mol. The van der Waals surface area contributed by atoms with Crippen LogP contribution in [0.1, 0.15) is 226 Å². The third-order valence-corrected chi connectivity index (χ3v) is 12.1. The van der Waals surface area contributed by atoms with Gasteiger partial charge in [-0.3, -0.25) is 4.79 Å². The number of hydrogen-bond acceptors (Lipinski definition) is 9. The van der Waals surface area contributed by atoms with Crippen LogP contribution in [0.5, 0.6) is 0 Å². The molecule has 0 aromatic rings. The van der Waals surface area contributed by atoms with E-state index in [0.717, 1.165) is 32.1 Å². The molecule has 8 unspecified atom stereocenters. The second kappa shape index (κ2) is 40.4. The summed E-state index contributed by atoms with van der Waals surface area (Å²) in [5.74, 6) is -0.623. The van der Waals surface area contributed by atoms with Crippen LogP contribution < -0.4 is 5.32 Å². The van der Waals surface area contributed by atoms with Gasteiger partial charge in [0.1, 0.15) is 30.5 Å².